The lowest BCUT2D eigenvalue weighted by atomic mass is 10.0. The van der Waals surface area contributed by atoms with Crippen LogP contribution in [-0.4, -0.2) is 19.9 Å². The number of halogens is 1. The summed E-state index contributed by atoms with van der Waals surface area (Å²) in [7, 11) is 0. The number of fused-ring (bicyclic) bond motifs is 8. The van der Waals surface area contributed by atoms with Gasteiger partial charge in [-0.2, -0.15) is 0 Å². The lowest BCUT2D eigenvalue weighted by Gasteiger charge is -2.10. The number of aromatic nitrogens is 4. The van der Waals surface area contributed by atoms with E-state index in [0.717, 1.165) is 60.1 Å². The number of hydrogen-bond acceptors (Lipinski definition) is 6. The van der Waals surface area contributed by atoms with Gasteiger partial charge < -0.3 is 8.83 Å². The lowest BCUT2D eigenvalue weighted by molar-refractivity contribution is 0.622. The van der Waals surface area contributed by atoms with Gasteiger partial charge in [-0.3, -0.25) is 0 Å². The van der Waals surface area contributed by atoms with Gasteiger partial charge in [0.15, 0.2) is 23.1 Å². The largest absolute Gasteiger partial charge is 0.456 e. The molecular weight excluding hydrogens is 611 g/mol. The Bertz CT molecular complexity index is 2900. The van der Waals surface area contributed by atoms with E-state index in [1.165, 1.54) is 12.1 Å². The molecule has 0 aliphatic rings. The highest BCUT2D eigenvalue weighted by atomic mass is 19.1. The van der Waals surface area contributed by atoms with Crippen LogP contribution in [0.1, 0.15) is 0 Å². The summed E-state index contributed by atoms with van der Waals surface area (Å²) in [6, 6.07) is 44.5. The van der Waals surface area contributed by atoms with Crippen LogP contribution in [0.3, 0.4) is 0 Å². The molecule has 3 aromatic heterocycles. The minimum absolute atomic E-state index is 0.324. The van der Waals surface area contributed by atoms with Crippen molar-refractivity contribution >= 4 is 54.6 Å². The number of furan rings is 1. The van der Waals surface area contributed by atoms with Crippen LogP contribution in [0, 0.1) is 5.82 Å². The Morgan fingerprint density at radius 2 is 1.04 bits per heavy atom. The summed E-state index contributed by atoms with van der Waals surface area (Å²) in [6.45, 7) is 0. The average Bonchev–Trinajstić information content (AvgIpc) is 3.77. The topological polar surface area (TPSA) is 77.8 Å². The van der Waals surface area contributed by atoms with E-state index in [9.17, 15) is 4.39 Å². The van der Waals surface area contributed by atoms with Crippen LogP contribution in [-0.2, 0) is 0 Å². The smallest absolute Gasteiger partial charge is 0.227 e. The molecule has 0 saturated carbocycles. The zero-order valence-corrected chi connectivity index (χ0v) is 25.8. The van der Waals surface area contributed by atoms with Crippen LogP contribution >= 0.6 is 0 Å². The second kappa shape index (κ2) is 10.7. The highest BCUT2D eigenvalue weighted by Gasteiger charge is 2.20. The maximum Gasteiger partial charge on any atom is 0.227 e. The molecule has 0 aliphatic heterocycles. The van der Waals surface area contributed by atoms with Crippen molar-refractivity contribution in [3.05, 3.63) is 145 Å². The predicted molar refractivity (Wildman–Crippen MR) is 191 cm³/mol. The second-order valence-corrected chi connectivity index (χ2v) is 12.0. The van der Waals surface area contributed by atoms with Crippen LogP contribution in [0.15, 0.2) is 148 Å². The molecule has 0 amide bonds. The van der Waals surface area contributed by atoms with Crippen molar-refractivity contribution in [1.82, 2.24) is 19.9 Å². The van der Waals surface area contributed by atoms with Crippen molar-refractivity contribution in [1.29, 1.82) is 0 Å². The highest BCUT2D eigenvalue weighted by Crippen LogP contribution is 2.41. The number of nitrogens with zero attached hydrogens (tertiary/aromatic N) is 4. The van der Waals surface area contributed by atoms with Crippen molar-refractivity contribution in [3.63, 3.8) is 0 Å². The Morgan fingerprint density at radius 3 is 1.84 bits per heavy atom. The summed E-state index contributed by atoms with van der Waals surface area (Å²) < 4.78 is 26.7. The van der Waals surface area contributed by atoms with Crippen LogP contribution in [0.4, 0.5) is 4.39 Å². The number of hydrogen-bond donors (Lipinski definition) is 0. The van der Waals surface area contributed by atoms with Crippen LogP contribution < -0.4 is 0 Å². The van der Waals surface area contributed by atoms with Gasteiger partial charge in [0.2, 0.25) is 5.89 Å². The van der Waals surface area contributed by atoms with E-state index >= 15 is 0 Å². The Kier molecular flexibility index (Phi) is 5.95. The first-order valence-electron chi connectivity index (χ1n) is 15.9. The summed E-state index contributed by atoms with van der Waals surface area (Å²) in [5.41, 5.74) is 6.14. The molecule has 0 unspecified atom stereocenters. The summed E-state index contributed by atoms with van der Waals surface area (Å²) in [6.07, 6.45) is 0. The van der Waals surface area contributed by atoms with Gasteiger partial charge in [0, 0.05) is 27.6 Å². The molecule has 0 aliphatic carbocycles. The number of oxazole rings is 1. The highest BCUT2D eigenvalue weighted by molar-refractivity contribution is 6.25. The van der Waals surface area contributed by atoms with E-state index in [1.807, 2.05) is 72.8 Å². The van der Waals surface area contributed by atoms with E-state index in [2.05, 4.69) is 42.5 Å². The van der Waals surface area contributed by atoms with E-state index in [-0.39, 0.29) is 5.82 Å². The van der Waals surface area contributed by atoms with E-state index in [1.54, 1.807) is 12.1 Å². The maximum absolute atomic E-state index is 13.9. The molecule has 0 spiro atoms. The maximum atomic E-state index is 13.9. The number of benzene rings is 7. The Labute approximate surface area is 278 Å². The fraction of sp³-hybridized carbons (Fsp3) is 0. The Balaban J connectivity index is 1.20. The average molecular weight is 635 g/mol. The standard InChI is InChI=1S/C42H23FN4O2/c43-31-17-14-26(15-18-31)39-45-40(29-12-10-24-6-4-5-9-28(24)22-29)47-41(46-39)30-13-11-25-16-20-34-36(32(25)23-30)37-35(48-34)21-19-33-38(37)49-42(44-33)27-7-2-1-3-8-27/h1-23H. The third-order valence-corrected chi connectivity index (χ3v) is 9.00. The van der Waals surface area contributed by atoms with Gasteiger partial charge in [0.05, 0.1) is 5.39 Å². The quantitative estimate of drug-likeness (QED) is 0.192. The molecule has 0 fully saturated rings. The first-order chi connectivity index (χ1) is 24.1. The molecule has 0 radical (unpaired) electrons. The summed E-state index contributed by atoms with van der Waals surface area (Å²) in [4.78, 5) is 19.6. The van der Waals surface area contributed by atoms with Crippen molar-refractivity contribution in [3.8, 4) is 45.6 Å². The number of rotatable bonds is 4. The predicted octanol–water partition coefficient (Wildman–Crippen LogP) is 11.0. The Hall–Kier alpha value is -6.73. The second-order valence-electron chi connectivity index (χ2n) is 12.0. The fourth-order valence-electron chi connectivity index (χ4n) is 6.59. The fourth-order valence-corrected chi connectivity index (χ4v) is 6.59. The van der Waals surface area contributed by atoms with Gasteiger partial charge in [-0.1, -0.05) is 72.8 Å². The van der Waals surface area contributed by atoms with Crippen molar-refractivity contribution in [2.75, 3.05) is 0 Å². The third kappa shape index (κ3) is 4.55. The van der Waals surface area contributed by atoms with E-state index in [0.29, 0.717) is 40.1 Å². The van der Waals surface area contributed by atoms with Crippen molar-refractivity contribution in [2.24, 2.45) is 0 Å². The van der Waals surface area contributed by atoms with Crippen LogP contribution in [0.5, 0.6) is 0 Å². The van der Waals surface area contributed by atoms with Crippen LogP contribution in [0.25, 0.3) is 100 Å². The molecule has 7 heteroatoms. The van der Waals surface area contributed by atoms with Gasteiger partial charge in [0.25, 0.3) is 0 Å². The molecular formula is C42H23FN4O2. The molecule has 230 valence electrons. The zero-order valence-electron chi connectivity index (χ0n) is 25.8. The molecule has 6 nitrogen and oxygen atoms in total. The van der Waals surface area contributed by atoms with Gasteiger partial charge in [-0.25, -0.2) is 24.3 Å². The minimum Gasteiger partial charge on any atom is -0.456 e. The van der Waals surface area contributed by atoms with Crippen LogP contribution in [0.2, 0.25) is 0 Å². The van der Waals surface area contributed by atoms with Gasteiger partial charge in [-0.15, -0.1) is 0 Å². The molecule has 10 rings (SSSR count). The van der Waals surface area contributed by atoms with E-state index < -0.39 is 0 Å². The third-order valence-electron chi connectivity index (χ3n) is 9.00. The van der Waals surface area contributed by atoms with Gasteiger partial charge >= 0.3 is 0 Å². The molecule has 0 saturated heterocycles. The van der Waals surface area contributed by atoms with E-state index in [4.69, 9.17) is 28.8 Å². The van der Waals surface area contributed by atoms with Gasteiger partial charge in [-0.05, 0) is 88.3 Å². The van der Waals surface area contributed by atoms with Gasteiger partial charge in [0.1, 0.15) is 22.5 Å². The van der Waals surface area contributed by atoms with Crippen molar-refractivity contribution in [2.45, 2.75) is 0 Å². The molecule has 49 heavy (non-hydrogen) atoms. The summed E-state index contributed by atoms with van der Waals surface area (Å²) in [5, 5.41) is 6.00. The summed E-state index contributed by atoms with van der Waals surface area (Å²) >= 11 is 0. The minimum atomic E-state index is -0.324. The SMILES string of the molecule is Fc1ccc(-c2nc(-c3ccc4ccccc4c3)nc(-c3ccc4ccc5oc6ccc7nc(-c8ccccc8)oc7c6c5c4c3)n2)cc1. The molecule has 10 aromatic rings. The lowest BCUT2D eigenvalue weighted by Crippen LogP contribution is -2.00. The first-order valence-corrected chi connectivity index (χ1v) is 15.9. The monoisotopic (exact) mass is 634 g/mol. The first kappa shape index (κ1) is 27.4. The molecule has 7 aromatic carbocycles. The van der Waals surface area contributed by atoms with Crippen molar-refractivity contribution < 1.29 is 13.2 Å². The molecule has 0 bridgehead atoms. The molecule has 0 N–H and O–H groups in total. The molecule has 3 heterocycles. The molecule has 0 atom stereocenters. The zero-order chi connectivity index (χ0) is 32.5. The normalized spacial score (nSPS) is 11.8. The summed E-state index contributed by atoms with van der Waals surface area (Å²) in [5.74, 6) is 1.71. The Morgan fingerprint density at radius 1 is 0.429 bits per heavy atom.